The van der Waals surface area contributed by atoms with E-state index in [4.69, 9.17) is 10.5 Å². The van der Waals surface area contributed by atoms with Crippen molar-refractivity contribution in [1.82, 2.24) is 15.0 Å². The van der Waals surface area contributed by atoms with E-state index in [0.717, 1.165) is 17.0 Å². The minimum atomic E-state index is 0.413. The molecule has 0 spiro atoms. The Morgan fingerprint density at radius 3 is 2.80 bits per heavy atom. The molecule has 0 atom stereocenters. The molecule has 0 saturated heterocycles. The molecule has 5 nitrogen and oxygen atoms in total. The maximum atomic E-state index is 5.85. The van der Waals surface area contributed by atoms with E-state index in [1.165, 1.54) is 5.56 Å². The molecule has 2 rings (SSSR count). The quantitative estimate of drug-likeness (QED) is 0.877. The summed E-state index contributed by atoms with van der Waals surface area (Å²) >= 11 is 0. The summed E-state index contributed by atoms with van der Waals surface area (Å²) < 4.78 is 7.61. The number of hydrogen-bond acceptors (Lipinski definition) is 4. The summed E-state index contributed by atoms with van der Waals surface area (Å²) in [5.74, 6) is 1.44. The van der Waals surface area contributed by atoms with Gasteiger partial charge in [0.25, 0.3) is 0 Å². The number of aromatic nitrogens is 3. The average Bonchev–Trinajstić information content (AvgIpc) is 2.88. The van der Waals surface area contributed by atoms with Crippen LogP contribution in [0.5, 0.6) is 5.75 Å². The first-order chi connectivity index (χ1) is 9.60. The summed E-state index contributed by atoms with van der Waals surface area (Å²) in [6.07, 6.45) is 1.85. The molecule has 2 N–H and O–H groups in total. The third-order valence-corrected chi connectivity index (χ3v) is 3.25. The van der Waals surface area contributed by atoms with Gasteiger partial charge in [-0.2, -0.15) is 0 Å². The summed E-state index contributed by atoms with van der Waals surface area (Å²) in [6.45, 7) is 8.06. The fourth-order valence-electron chi connectivity index (χ4n) is 1.92. The van der Waals surface area contributed by atoms with Crippen molar-refractivity contribution in [2.45, 2.75) is 39.8 Å². The Morgan fingerprint density at radius 1 is 1.35 bits per heavy atom. The second-order valence-electron chi connectivity index (χ2n) is 5.21. The lowest BCUT2D eigenvalue weighted by Crippen LogP contribution is -2.09. The highest BCUT2D eigenvalue weighted by molar-refractivity contribution is 5.37. The number of aryl methyl sites for hydroxylation is 1. The van der Waals surface area contributed by atoms with Crippen molar-refractivity contribution in [1.29, 1.82) is 0 Å². The molecule has 0 aliphatic heterocycles. The fraction of sp³-hybridized carbons (Fsp3) is 0.467. The number of nitrogens with zero attached hydrogens (tertiary/aromatic N) is 3. The van der Waals surface area contributed by atoms with Crippen LogP contribution in [0.4, 0.5) is 0 Å². The zero-order chi connectivity index (χ0) is 14.5. The molecular formula is C15H22N4O. The molecule has 0 saturated carbocycles. The van der Waals surface area contributed by atoms with E-state index < -0.39 is 0 Å². The van der Waals surface area contributed by atoms with Gasteiger partial charge in [0.2, 0.25) is 0 Å². The van der Waals surface area contributed by atoms with Gasteiger partial charge in [-0.3, -0.25) is 0 Å². The highest BCUT2D eigenvalue weighted by Crippen LogP contribution is 2.24. The van der Waals surface area contributed by atoms with Gasteiger partial charge in [0, 0.05) is 12.7 Å². The lowest BCUT2D eigenvalue weighted by atomic mass is 10.0. The minimum Gasteiger partial charge on any atom is -0.491 e. The van der Waals surface area contributed by atoms with Crippen molar-refractivity contribution in [2.75, 3.05) is 6.61 Å². The molecule has 0 fully saturated rings. The lowest BCUT2D eigenvalue weighted by Gasteiger charge is -2.12. The average molecular weight is 274 g/mol. The summed E-state index contributed by atoms with van der Waals surface area (Å²) in [4.78, 5) is 0. The maximum Gasteiger partial charge on any atom is 0.122 e. The Bertz CT molecular complexity index is 563. The first-order valence-corrected chi connectivity index (χ1v) is 6.92. The molecule has 0 bridgehead atoms. The smallest absolute Gasteiger partial charge is 0.122 e. The molecule has 2 aromatic rings. The normalized spacial score (nSPS) is 11.1. The van der Waals surface area contributed by atoms with Gasteiger partial charge in [-0.05, 0) is 30.0 Å². The first-order valence-electron chi connectivity index (χ1n) is 6.92. The standard InChI is InChI=1S/C15H22N4O/c1-11(2)13-5-4-12(3)15(8-13)20-7-6-19-10-14(9-16)17-18-19/h4-5,8,10-11H,6-7,9,16H2,1-3H3. The van der Waals surface area contributed by atoms with Crippen molar-refractivity contribution >= 4 is 0 Å². The third kappa shape index (κ3) is 3.57. The van der Waals surface area contributed by atoms with E-state index in [1.54, 1.807) is 4.68 Å². The van der Waals surface area contributed by atoms with Crippen molar-refractivity contribution in [3.05, 3.63) is 41.2 Å². The second kappa shape index (κ2) is 6.52. The number of benzene rings is 1. The number of ether oxygens (including phenoxy) is 1. The SMILES string of the molecule is Cc1ccc(C(C)C)cc1OCCn1cc(CN)nn1. The van der Waals surface area contributed by atoms with Crippen LogP contribution in [0.2, 0.25) is 0 Å². The zero-order valence-corrected chi connectivity index (χ0v) is 12.3. The first kappa shape index (κ1) is 14.5. The highest BCUT2D eigenvalue weighted by Gasteiger charge is 2.05. The molecule has 1 heterocycles. The second-order valence-corrected chi connectivity index (χ2v) is 5.21. The largest absolute Gasteiger partial charge is 0.491 e. The Balaban J connectivity index is 1.94. The molecule has 20 heavy (non-hydrogen) atoms. The van der Waals surface area contributed by atoms with Gasteiger partial charge in [-0.25, -0.2) is 4.68 Å². The Hall–Kier alpha value is -1.88. The minimum absolute atomic E-state index is 0.413. The van der Waals surface area contributed by atoms with Crippen LogP contribution in [0.15, 0.2) is 24.4 Å². The predicted molar refractivity (Wildman–Crippen MR) is 78.7 cm³/mol. The van der Waals surface area contributed by atoms with Crippen molar-refractivity contribution in [2.24, 2.45) is 5.73 Å². The van der Waals surface area contributed by atoms with Gasteiger partial charge in [-0.15, -0.1) is 5.10 Å². The van der Waals surface area contributed by atoms with Crippen molar-refractivity contribution in [3.63, 3.8) is 0 Å². The number of hydrogen-bond donors (Lipinski definition) is 1. The number of nitrogens with two attached hydrogens (primary N) is 1. The molecule has 5 heteroatoms. The van der Waals surface area contributed by atoms with Gasteiger partial charge in [0.1, 0.15) is 12.4 Å². The maximum absolute atomic E-state index is 5.85. The van der Waals surface area contributed by atoms with E-state index >= 15 is 0 Å². The van der Waals surface area contributed by atoms with Crippen molar-refractivity contribution in [3.8, 4) is 5.75 Å². The van der Waals surface area contributed by atoms with Gasteiger partial charge < -0.3 is 10.5 Å². The van der Waals surface area contributed by atoms with E-state index in [1.807, 2.05) is 6.20 Å². The Kier molecular flexibility index (Phi) is 4.74. The van der Waals surface area contributed by atoms with Crippen LogP contribution in [0.25, 0.3) is 0 Å². The van der Waals surface area contributed by atoms with Gasteiger partial charge in [-0.1, -0.05) is 31.2 Å². The monoisotopic (exact) mass is 274 g/mol. The summed E-state index contributed by atoms with van der Waals surface area (Å²) in [5.41, 5.74) is 8.73. The zero-order valence-electron chi connectivity index (χ0n) is 12.3. The van der Waals surface area contributed by atoms with Gasteiger partial charge in [0.15, 0.2) is 0 Å². The molecule has 0 unspecified atom stereocenters. The molecule has 108 valence electrons. The third-order valence-electron chi connectivity index (χ3n) is 3.25. The van der Waals surface area contributed by atoms with Gasteiger partial charge >= 0.3 is 0 Å². The molecule has 1 aromatic heterocycles. The van der Waals surface area contributed by atoms with Gasteiger partial charge in [0.05, 0.1) is 12.2 Å². The highest BCUT2D eigenvalue weighted by atomic mass is 16.5. The predicted octanol–water partition coefficient (Wildman–Crippen LogP) is 2.25. The molecule has 0 aliphatic carbocycles. The van der Waals surface area contributed by atoms with Crippen LogP contribution >= 0.6 is 0 Å². The lowest BCUT2D eigenvalue weighted by molar-refractivity contribution is 0.287. The van der Waals surface area contributed by atoms with Crippen LogP contribution in [-0.2, 0) is 13.1 Å². The van der Waals surface area contributed by atoms with E-state index in [0.29, 0.717) is 25.6 Å². The summed E-state index contributed by atoms with van der Waals surface area (Å²) in [6, 6.07) is 6.37. The van der Waals surface area contributed by atoms with Crippen LogP contribution < -0.4 is 10.5 Å². The number of rotatable bonds is 6. The molecular weight excluding hydrogens is 252 g/mol. The van der Waals surface area contributed by atoms with Crippen LogP contribution in [0.1, 0.15) is 36.6 Å². The van der Waals surface area contributed by atoms with Crippen LogP contribution in [-0.4, -0.2) is 21.6 Å². The molecule has 1 aromatic carbocycles. The van der Waals surface area contributed by atoms with Crippen molar-refractivity contribution < 1.29 is 4.74 Å². The van der Waals surface area contributed by atoms with E-state index in [2.05, 4.69) is 49.3 Å². The molecule has 0 radical (unpaired) electrons. The fourth-order valence-corrected chi connectivity index (χ4v) is 1.92. The summed E-state index contributed by atoms with van der Waals surface area (Å²) in [7, 11) is 0. The molecule has 0 aliphatic rings. The Morgan fingerprint density at radius 2 is 2.15 bits per heavy atom. The van der Waals surface area contributed by atoms with Crippen LogP contribution in [0.3, 0.4) is 0 Å². The van der Waals surface area contributed by atoms with E-state index in [9.17, 15) is 0 Å². The van der Waals surface area contributed by atoms with E-state index in [-0.39, 0.29) is 0 Å². The molecule has 0 amide bonds. The topological polar surface area (TPSA) is 66.0 Å². The Labute approximate surface area is 119 Å². The summed E-state index contributed by atoms with van der Waals surface area (Å²) in [5, 5.41) is 7.94. The van der Waals surface area contributed by atoms with Crippen LogP contribution in [0, 0.1) is 6.92 Å².